The van der Waals surface area contributed by atoms with Gasteiger partial charge in [-0.15, -0.1) is 0 Å². The molecule has 0 saturated heterocycles. The number of methoxy groups -OCH3 is 2. The molecular weight excluding hydrogens is 192 g/mol. The van der Waals surface area contributed by atoms with E-state index < -0.39 is 5.60 Å². The molecule has 1 aliphatic rings. The Bertz CT molecular complexity index is 164. The third kappa shape index (κ3) is 4.49. The smallest absolute Gasteiger partial charge is 0.159 e. The molecule has 1 N–H and O–H groups in total. The first-order chi connectivity index (χ1) is 7.07. The van der Waals surface area contributed by atoms with Crippen LogP contribution in [0.4, 0.5) is 0 Å². The maximum absolute atomic E-state index is 10.2. The Kier molecular flexibility index (Phi) is 5.03. The monoisotopic (exact) mass is 216 g/mol. The minimum Gasteiger partial charge on any atom is -0.390 e. The average molecular weight is 216 g/mol. The van der Waals surface area contributed by atoms with E-state index in [1.165, 1.54) is 25.7 Å². The topological polar surface area (TPSA) is 38.7 Å². The molecule has 0 aromatic carbocycles. The number of hydrogen-bond donors (Lipinski definition) is 1. The molecule has 0 aromatic rings. The maximum Gasteiger partial charge on any atom is 0.159 e. The van der Waals surface area contributed by atoms with Gasteiger partial charge in [0.2, 0.25) is 0 Å². The lowest BCUT2D eigenvalue weighted by molar-refractivity contribution is -0.143. The first kappa shape index (κ1) is 12.9. The predicted octanol–water partition coefficient (Wildman–Crippen LogP) is 2.33. The molecule has 3 heteroatoms. The molecular formula is C12H24O3. The van der Waals surface area contributed by atoms with Crippen LogP contribution < -0.4 is 0 Å². The van der Waals surface area contributed by atoms with Crippen LogP contribution in [0.1, 0.15) is 45.4 Å². The maximum atomic E-state index is 10.2. The molecule has 0 heterocycles. The van der Waals surface area contributed by atoms with Crippen molar-refractivity contribution in [1.82, 2.24) is 0 Å². The highest BCUT2D eigenvalue weighted by Crippen LogP contribution is 2.33. The average Bonchev–Trinajstić information content (AvgIpc) is 2.66. The van der Waals surface area contributed by atoms with Crippen molar-refractivity contribution >= 4 is 0 Å². The number of hydrogen-bond acceptors (Lipinski definition) is 3. The molecule has 1 fully saturated rings. The van der Waals surface area contributed by atoms with Gasteiger partial charge in [-0.25, -0.2) is 0 Å². The summed E-state index contributed by atoms with van der Waals surface area (Å²) in [5, 5.41) is 10.2. The summed E-state index contributed by atoms with van der Waals surface area (Å²) in [6, 6.07) is 0. The fourth-order valence-electron chi connectivity index (χ4n) is 2.54. The third-order valence-corrected chi connectivity index (χ3v) is 3.34. The van der Waals surface area contributed by atoms with Crippen LogP contribution in [0.15, 0.2) is 0 Å². The van der Waals surface area contributed by atoms with Crippen molar-refractivity contribution in [2.75, 3.05) is 14.2 Å². The van der Waals surface area contributed by atoms with Crippen LogP contribution in [0.2, 0.25) is 0 Å². The van der Waals surface area contributed by atoms with Crippen LogP contribution in [0.5, 0.6) is 0 Å². The van der Waals surface area contributed by atoms with Gasteiger partial charge in [-0.3, -0.25) is 0 Å². The lowest BCUT2D eigenvalue weighted by Gasteiger charge is -2.29. The van der Waals surface area contributed by atoms with Gasteiger partial charge in [-0.05, 0) is 19.3 Å². The van der Waals surface area contributed by atoms with E-state index in [4.69, 9.17) is 9.47 Å². The van der Waals surface area contributed by atoms with E-state index in [-0.39, 0.29) is 6.29 Å². The molecule has 3 nitrogen and oxygen atoms in total. The summed E-state index contributed by atoms with van der Waals surface area (Å²) in [4.78, 5) is 0. The number of rotatable bonds is 6. The molecule has 0 radical (unpaired) electrons. The SMILES string of the molecule is COC(CC(C)(O)CC1CCCC1)OC. The summed E-state index contributed by atoms with van der Waals surface area (Å²) in [5.74, 6) is 0.689. The second-order valence-electron chi connectivity index (χ2n) is 4.96. The van der Waals surface area contributed by atoms with Crippen molar-refractivity contribution in [3.63, 3.8) is 0 Å². The summed E-state index contributed by atoms with van der Waals surface area (Å²) in [7, 11) is 3.22. The van der Waals surface area contributed by atoms with E-state index in [2.05, 4.69) is 0 Å². The van der Waals surface area contributed by atoms with Crippen molar-refractivity contribution in [1.29, 1.82) is 0 Å². The van der Waals surface area contributed by atoms with Crippen LogP contribution in [0.3, 0.4) is 0 Å². The van der Waals surface area contributed by atoms with Crippen LogP contribution >= 0.6 is 0 Å². The van der Waals surface area contributed by atoms with Gasteiger partial charge in [0.15, 0.2) is 6.29 Å². The fourth-order valence-corrected chi connectivity index (χ4v) is 2.54. The van der Waals surface area contributed by atoms with Crippen LogP contribution in [0.25, 0.3) is 0 Å². The summed E-state index contributed by atoms with van der Waals surface area (Å²) in [6.45, 7) is 1.89. The van der Waals surface area contributed by atoms with Crippen LogP contribution in [0, 0.1) is 5.92 Å². The Labute approximate surface area is 92.8 Å². The molecule has 0 bridgehead atoms. The summed E-state index contributed by atoms with van der Waals surface area (Å²) >= 11 is 0. The van der Waals surface area contributed by atoms with Gasteiger partial charge >= 0.3 is 0 Å². The zero-order valence-corrected chi connectivity index (χ0v) is 10.2. The lowest BCUT2D eigenvalue weighted by atomic mass is 9.88. The predicted molar refractivity (Wildman–Crippen MR) is 59.6 cm³/mol. The molecule has 0 amide bonds. The molecule has 0 aromatic heterocycles. The lowest BCUT2D eigenvalue weighted by Crippen LogP contribution is -2.33. The number of aliphatic hydroxyl groups is 1. The van der Waals surface area contributed by atoms with Gasteiger partial charge in [-0.2, -0.15) is 0 Å². The molecule has 90 valence electrons. The van der Waals surface area contributed by atoms with E-state index in [0.29, 0.717) is 12.3 Å². The molecule has 1 aliphatic carbocycles. The van der Waals surface area contributed by atoms with E-state index >= 15 is 0 Å². The Morgan fingerprint density at radius 2 is 1.80 bits per heavy atom. The molecule has 1 saturated carbocycles. The van der Waals surface area contributed by atoms with Crippen molar-refractivity contribution in [2.45, 2.75) is 57.3 Å². The largest absolute Gasteiger partial charge is 0.390 e. The first-order valence-corrected chi connectivity index (χ1v) is 5.85. The molecule has 1 unspecified atom stereocenters. The molecule has 1 atom stereocenters. The zero-order valence-electron chi connectivity index (χ0n) is 10.2. The fraction of sp³-hybridized carbons (Fsp3) is 1.00. The van der Waals surface area contributed by atoms with Gasteiger partial charge in [0.25, 0.3) is 0 Å². The van der Waals surface area contributed by atoms with Crippen LogP contribution in [-0.4, -0.2) is 31.2 Å². The Morgan fingerprint density at radius 3 is 2.27 bits per heavy atom. The van der Waals surface area contributed by atoms with Crippen molar-refractivity contribution in [3.05, 3.63) is 0 Å². The molecule has 0 spiro atoms. The zero-order chi connectivity index (χ0) is 11.3. The normalized spacial score (nSPS) is 22.2. The van der Waals surface area contributed by atoms with E-state index in [9.17, 15) is 5.11 Å². The highest BCUT2D eigenvalue weighted by atomic mass is 16.7. The highest BCUT2D eigenvalue weighted by molar-refractivity contribution is 4.80. The molecule has 1 rings (SSSR count). The van der Waals surface area contributed by atoms with E-state index in [0.717, 1.165) is 6.42 Å². The quantitative estimate of drug-likeness (QED) is 0.693. The second-order valence-corrected chi connectivity index (χ2v) is 4.96. The van der Waals surface area contributed by atoms with E-state index in [1.54, 1.807) is 14.2 Å². The Hall–Kier alpha value is -0.120. The Balaban J connectivity index is 2.35. The van der Waals surface area contributed by atoms with Crippen LogP contribution in [-0.2, 0) is 9.47 Å². The van der Waals surface area contributed by atoms with Gasteiger partial charge in [0.05, 0.1) is 5.60 Å². The Morgan fingerprint density at radius 1 is 1.27 bits per heavy atom. The molecule has 0 aliphatic heterocycles. The van der Waals surface area contributed by atoms with Gasteiger partial charge < -0.3 is 14.6 Å². The number of ether oxygens (including phenoxy) is 2. The first-order valence-electron chi connectivity index (χ1n) is 5.85. The highest BCUT2D eigenvalue weighted by Gasteiger charge is 2.30. The van der Waals surface area contributed by atoms with Gasteiger partial charge in [0.1, 0.15) is 0 Å². The second kappa shape index (κ2) is 5.83. The van der Waals surface area contributed by atoms with Gasteiger partial charge in [0, 0.05) is 20.6 Å². The van der Waals surface area contributed by atoms with Crippen molar-refractivity contribution in [3.8, 4) is 0 Å². The minimum absolute atomic E-state index is 0.290. The summed E-state index contributed by atoms with van der Waals surface area (Å²) in [5.41, 5.74) is -0.661. The minimum atomic E-state index is -0.661. The molecule has 15 heavy (non-hydrogen) atoms. The summed E-state index contributed by atoms with van der Waals surface area (Å²) < 4.78 is 10.2. The third-order valence-electron chi connectivity index (χ3n) is 3.34. The van der Waals surface area contributed by atoms with Crippen molar-refractivity contribution < 1.29 is 14.6 Å². The van der Waals surface area contributed by atoms with Gasteiger partial charge in [-0.1, -0.05) is 25.7 Å². The summed E-state index contributed by atoms with van der Waals surface area (Å²) in [6.07, 6.45) is 6.30. The van der Waals surface area contributed by atoms with Crippen molar-refractivity contribution in [2.24, 2.45) is 5.92 Å². The van der Waals surface area contributed by atoms with E-state index in [1.807, 2.05) is 6.92 Å². The standard InChI is InChI=1S/C12H24O3/c1-12(13,9-11(14-2)15-3)8-10-6-4-5-7-10/h10-11,13H,4-9H2,1-3H3.